The highest BCUT2D eigenvalue weighted by atomic mass is 19.4. The molecule has 1 amide bonds. The molecular weight excluding hydrogens is 926 g/mol. The van der Waals surface area contributed by atoms with E-state index < -0.39 is 59.6 Å². The predicted octanol–water partition coefficient (Wildman–Crippen LogP) is 13.3. The Bertz CT molecular complexity index is 2360. The summed E-state index contributed by atoms with van der Waals surface area (Å²) in [6, 6.07) is 10.9. The van der Waals surface area contributed by atoms with Crippen molar-refractivity contribution in [2.24, 2.45) is 33.9 Å². The number of allylic oxidation sites excluding steroid dienone is 8. The summed E-state index contributed by atoms with van der Waals surface area (Å²) < 4.78 is 95.3. The first-order valence-electron chi connectivity index (χ1n) is 24.0. The Labute approximate surface area is 416 Å². The number of aliphatic hydroxyl groups excluding tert-OH is 1. The van der Waals surface area contributed by atoms with Gasteiger partial charge in [-0.25, -0.2) is 8.78 Å². The number of carbonyl (C=O) groups is 2. The van der Waals surface area contributed by atoms with Crippen molar-refractivity contribution in [1.29, 1.82) is 0 Å². The zero-order chi connectivity index (χ0) is 53.9. The molecule has 4 rings (SSSR count). The lowest BCUT2D eigenvalue weighted by Gasteiger charge is -2.29. The largest absolute Gasteiger partial charge is 0.435 e. The Kier molecular flexibility index (Phi) is 24.5. The summed E-state index contributed by atoms with van der Waals surface area (Å²) in [5.74, 6) is -2.06. The molecule has 0 spiro atoms. The van der Waals surface area contributed by atoms with Gasteiger partial charge in [-0.3, -0.25) is 14.5 Å². The second-order valence-electron chi connectivity index (χ2n) is 19.2. The van der Waals surface area contributed by atoms with Crippen molar-refractivity contribution in [3.63, 3.8) is 0 Å². The zero-order valence-corrected chi connectivity index (χ0v) is 43.2. The smallest absolute Gasteiger partial charge is 0.401 e. The Morgan fingerprint density at radius 3 is 2.20 bits per heavy atom. The van der Waals surface area contributed by atoms with Crippen molar-refractivity contribution in [2.75, 3.05) is 7.05 Å². The molecular formula is C55H75F7N6O3. The number of alkyl halides is 5. The van der Waals surface area contributed by atoms with Gasteiger partial charge in [-0.15, -0.1) is 0 Å². The molecule has 1 saturated carbocycles. The number of nitrogens with zero attached hydrogens (tertiary/aromatic N) is 3. The lowest BCUT2D eigenvalue weighted by atomic mass is 9.94. The van der Waals surface area contributed by atoms with Gasteiger partial charge >= 0.3 is 12.7 Å². The second kappa shape index (κ2) is 28.3. The van der Waals surface area contributed by atoms with E-state index in [0.717, 1.165) is 40.4 Å². The standard InChI is InChI=1S/C26H31F7N4O2.C24H34N2.C5H10O/c1-5-6-7-16(12-34-24(29)30)8-15(2)23(39)35-25(3,4)14-37-21(11-22(36-37)26(31,32)33)18-10-19(27)17(13-38)9-20(18)28;1-7-13-24(5)15-22(24)20-11-9-19(10-12-20)18(8-2)14-21(16-26-6)23(25)17(3)4;1-3-5(2)4-6/h6-7,9-12,15,24,34,38H,5,8,13-14H2,1-4H3,(H,35,39);8-12,14,16-17,22H,2,7,13,15,25H2,1,3-6H3;4-5H,3H2,1-2H3/b7-6+,16-12+;18-14+,23-21-,26-16?;. The average molecular weight is 1000 g/mol. The molecule has 1 heterocycles. The molecule has 0 aliphatic heterocycles. The van der Waals surface area contributed by atoms with Crippen LogP contribution in [0.1, 0.15) is 136 Å². The number of amides is 1. The molecule has 5 N–H and O–H groups in total. The molecule has 16 heteroatoms. The van der Waals surface area contributed by atoms with Gasteiger partial charge in [0.15, 0.2) is 5.69 Å². The highest BCUT2D eigenvalue weighted by Gasteiger charge is 2.49. The minimum atomic E-state index is -4.89. The van der Waals surface area contributed by atoms with Crippen molar-refractivity contribution in [3.05, 3.63) is 130 Å². The van der Waals surface area contributed by atoms with E-state index in [0.29, 0.717) is 41.5 Å². The molecule has 2 aromatic carbocycles. The maximum absolute atomic E-state index is 14.7. The van der Waals surface area contributed by atoms with Gasteiger partial charge in [0.1, 0.15) is 17.9 Å². The van der Waals surface area contributed by atoms with Gasteiger partial charge in [0, 0.05) is 53.7 Å². The van der Waals surface area contributed by atoms with E-state index in [-0.39, 0.29) is 36.1 Å². The van der Waals surface area contributed by atoms with Crippen LogP contribution in [0.5, 0.6) is 0 Å². The van der Waals surface area contributed by atoms with Crippen LogP contribution in [0, 0.1) is 34.8 Å². The maximum atomic E-state index is 14.7. The highest BCUT2D eigenvalue weighted by molar-refractivity contribution is 5.89. The molecule has 3 aromatic rings. The Balaban J connectivity index is 0.000000462. The zero-order valence-electron chi connectivity index (χ0n) is 43.2. The average Bonchev–Trinajstić information content (AvgIpc) is 3.80. The Morgan fingerprint density at radius 2 is 1.70 bits per heavy atom. The number of rotatable bonds is 22. The summed E-state index contributed by atoms with van der Waals surface area (Å²) in [7, 11) is 1.77. The number of aliphatic hydroxyl groups is 1. The lowest BCUT2D eigenvalue weighted by Crippen LogP contribution is -2.48. The third-order valence-corrected chi connectivity index (χ3v) is 12.1. The molecule has 9 nitrogen and oxygen atoms in total. The number of carbonyl (C=O) groups excluding carboxylic acids is 2. The van der Waals surface area contributed by atoms with Gasteiger partial charge in [-0.1, -0.05) is 111 Å². The molecule has 1 fully saturated rings. The minimum Gasteiger partial charge on any atom is -0.401 e. The van der Waals surface area contributed by atoms with Crippen LogP contribution in [0.2, 0.25) is 0 Å². The summed E-state index contributed by atoms with van der Waals surface area (Å²) in [5, 5.41) is 17.3. The summed E-state index contributed by atoms with van der Waals surface area (Å²) >= 11 is 0. The maximum Gasteiger partial charge on any atom is 0.435 e. The molecule has 1 aliphatic carbocycles. The second-order valence-corrected chi connectivity index (χ2v) is 19.2. The minimum absolute atomic E-state index is 0.0884. The van der Waals surface area contributed by atoms with E-state index in [4.69, 9.17) is 10.8 Å². The predicted molar refractivity (Wildman–Crippen MR) is 272 cm³/mol. The third-order valence-electron chi connectivity index (χ3n) is 12.1. The molecule has 0 bridgehead atoms. The van der Waals surface area contributed by atoms with Crippen molar-refractivity contribution in [2.45, 2.75) is 145 Å². The number of nitrogens with one attached hydrogen (secondary N) is 2. The van der Waals surface area contributed by atoms with Crippen LogP contribution in [0.3, 0.4) is 0 Å². The molecule has 0 saturated heterocycles. The van der Waals surface area contributed by atoms with Gasteiger partial charge in [-0.05, 0) is 110 Å². The summed E-state index contributed by atoms with van der Waals surface area (Å²) in [5.41, 5.74) is 8.89. The summed E-state index contributed by atoms with van der Waals surface area (Å²) in [6.45, 7) is 19.3. The highest BCUT2D eigenvalue weighted by Crippen LogP contribution is 2.61. The van der Waals surface area contributed by atoms with Crippen LogP contribution in [0.25, 0.3) is 16.8 Å². The first-order chi connectivity index (χ1) is 33.2. The molecule has 392 valence electrons. The van der Waals surface area contributed by atoms with E-state index in [1.807, 2.05) is 38.4 Å². The molecule has 1 aromatic heterocycles. The number of aromatic nitrogens is 2. The van der Waals surface area contributed by atoms with E-state index in [2.05, 4.69) is 80.0 Å². The van der Waals surface area contributed by atoms with Crippen molar-refractivity contribution in [1.82, 2.24) is 20.4 Å². The number of aliphatic imine (C=N–C) groups is 1. The fraction of sp³-hybridized carbons (Fsp3) is 0.491. The van der Waals surface area contributed by atoms with Crippen LogP contribution >= 0.6 is 0 Å². The van der Waals surface area contributed by atoms with E-state index in [9.17, 15) is 40.3 Å². The van der Waals surface area contributed by atoms with Crippen LogP contribution in [-0.2, 0) is 28.9 Å². The topological polar surface area (TPSA) is 135 Å². The number of hydrogen-bond donors (Lipinski definition) is 4. The monoisotopic (exact) mass is 1000 g/mol. The first kappa shape index (κ1) is 61.3. The van der Waals surface area contributed by atoms with Crippen LogP contribution in [-0.4, -0.2) is 52.4 Å². The van der Waals surface area contributed by atoms with Crippen molar-refractivity contribution >= 4 is 24.0 Å². The molecule has 0 radical (unpaired) electrons. The molecule has 1 aliphatic rings. The molecule has 4 atom stereocenters. The molecule has 71 heavy (non-hydrogen) atoms. The quantitative estimate of drug-likeness (QED) is 0.0260. The summed E-state index contributed by atoms with van der Waals surface area (Å²) in [6.07, 6.45) is 11.9. The number of hydrogen-bond acceptors (Lipinski definition) is 7. The number of halogens is 7. The summed E-state index contributed by atoms with van der Waals surface area (Å²) in [4.78, 5) is 26.8. The Morgan fingerprint density at radius 1 is 1.06 bits per heavy atom. The van der Waals surface area contributed by atoms with Gasteiger partial charge < -0.3 is 26.3 Å². The number of benzene rings is 2. The van der Waals surface area contributed by atoms with Crippen molar-refractivity contribution in [3.8, 4) is 11.3 Å². The van der Waals surface area contributed by atoms with Gasteiger partial charge in [0.05, 0.1) is 24.4 Å². The molecule has 4 unspecified atom stereocenters. The van der Waals surface area contributed by atoms with Gasteiger partial charge in [0.2, 0.25) is 5.91 Å². The van der Waals surface area contributed by atoms with E-state index in [1.165, 1.54) is 44.2 Å². The van der Waals surface area contributed by atoms with Gasteiger partial charge in [0.25, 0.3) is 0 Å². The fourth-order valence-corrected chi connectivity index (χ4v) is 7.60. The number of nitrogens with two attached hydrogens (primary N) is 1. The third kappa shape index (κ3) is 19.4. The van der Waals surface area contributed by atoms with E-state index >= 15 is 0 Å². The normalized spacial score (nSPS) is 17.6. The number of aldehydes is 1. The van der Waals surface area contributed by atoms with Crippen LogP contribution in [0.15, 0.2) is 101 Å². The fourth-order valence-electron chi connectivity index (χ4n) is 7.60. The van der Waals surface area contributed by atoms with Gasteiger partial charge in [-0.2, -0.15) is 27.1 Å². The SMILES string of the molecule is C=C/C(=C\C(C=NC)=C(\N)C(C)C)c1ccc(C2CC2(C)CCC)cc1.CC/C=C/C(=C\NC(F)F)CC(C)C(=O)NC(C)(C)Cn1nc(C(F)(F)F)cc1-c1cc(F)c(CO)cc1F.CCC(C)C=O. The Hall–Kier alpha value is -5.77. The van der Waals surface area contributed by atoms with Crippen LogP contribution < -0.4 is 16.4 Å². The van der Waals surface area contributed by atoms with Crippen molar-refractivity contribution < 1.29 is 45.4 Å². The lowest BCUT2D eigenvalue weighted by molar-refractivity contribution is -0.141. The van der Waals surface area contributed by atoms with Crippen LogP contribution in [0.4, 0.5) is 30.7 Å². The van der Waals surface area contributed by atoms with E-state index in [1.54, 1.807) is 26.1 Å². The first-order valence-corrected chi connectivity index (χ1v) is 24.0.